The summed E-state index contributed by atoms with van der Waals surface area (Å²) in [6.07, 6.45) is 1.67. The molecule has 0 saturated carbocycles. The van der Waals surface area contributed by atoms with E-state index in [2.05, 4.69) is 48.5 Å². The van der Waals surface area contributed by atoms with E-state index in [-0.39, 0.29) is 0 Å². The lowest BCUT2D eigenvalue weighted by atomic mass is 10.2. The number of hydrogen-bond donors (Lipinski definition) is 0. The fourth-order valence-electron chi connectivity index (χ4n) is 1.50. The quantitative estimate of drug-likeness (QED) is 0.515. The fourth-order valence-corrected chi connectivity index (χ4v) is 2.39. The number of halogens is 3. The number of benzene rings is 1. The van der Waals surface area contributed by atoms with Crippen molar-refractivity contribution in [1.82, 2.24) is 9.97 Å². The largest absolute Gasteiger partial charge is 0.493 e. The second kappa shape index (κ2) is 6.23. The van der Waals surface area contributed by atoms with Crippen LogP contribution in [0.2, 0.25) is 5.15 Å². The number of ether oxygens (including phenoxy) is 2. The molecule has 4 nitrogen and oxygen atoms in total. The van der Waals surface area contributed by atoms with Crippen LogP contribution in [-0.4, -0.2) is 24.2 Å². The molecule has 19 heavy (non-hydrogen) atoms. The predicted molar refractivity (Wildman–Crippen MR) is 86.0 cm³/mol. The van der Waals surface area contributed by atoms with Crippen molar-refractivity contribution in [1.29, 1.82) is 0 Å². The van der Waals surface area contributed by atoms with Crippen molar-refractivity contribution in [3.8, 4) is 22.9 Å². The Balaban J connectivity index is 2.58. The Bertz CT molecular complexity index is 625. The summed E-state index contributed by atoms with van der Waals surface area (Å²) in [6.45, 7) is 0. The van der Waals surface area contributed by atoms with Gasteiger partial charge in [0.1, 0.15) is 5.15 Å². The molecule has 1 heterocycles. The van der Waals surface area contributed by atoms with Crippen LogP contribution in [0.1, 0.15) is 0 Å². The van der Waals surface area contributed by atoms with Crippen molar-refractivity contribution in [3.05, 3.63) is 31.5 Å². The summed E-state index contributed by atoms with van der Waals surface area (Å²) >= 11 is 11.6. The molecule has 0 aliphatic heterocycles. The highest BCUT2D eigenvalue weighted by Gasteiger charge is 2.14. The second-order valence-corrected chi connectivity index (χ2v) is 5.89. The Kier molecular flexibility index (Phi) is 4.86. The maximum Gasteiger partial charge on any atom is 0.162 e. The molecule has 100 valence electrons. The first-order valence-corrected chi connectivity index (χ1v) is 7.41. The lowest BCUT2D eigenvalue weighted by molar-refractivity contribution is 0.355. The molecule has 2 rings (SSSR count). The standard InChI is InChI=1S/C12H9BrClIN2O2/c1-18-9-3-6(7(13)4-10(9)19-2)12-16-5-8(15)11(14)17-12/h3-5H,1-2H3. The SMILES string of the molecule is COc1cc(Br)c(-c2ncc(I)c(Cl)n2)cc1OC. The average molecular weight is 455 g/mol. The van der Waals surface area contributed by atoms with E-state index in [0.29, 0.717) is 22.5 Å². The van der Waals surface area contributed by atoms with Gasteiger partial charge in [0.25, 0.3) is 0 Å². The molecule has 0 atom stereocenters. The number of nitrogens with zero attached hydrogens (tertiary/aromatic N) is 2. The first kappa shape index (κ1) is 14.8. The normalized spacial score (nSPS) is 10.4. The number of aromatic nitrogens is 2. The van der Waals surface area contributed by atoms with E-state index in [0.717, 1.165) is 13.6 Å². The maximum absolute atomic E-state index is 6.02. The number of methoxy groups -OCH3 is 2. The third kappa shape index (κ3) is 3.11. The summed E-state index contributed by atoms with van der Waals surface area (Å²) < 4.78 is 12.1. The average Bonchev–Trinajstić information content (AvgIpc) is 2.41. The van der Waals surface area contributed by atoms with Gasteiger partial charge in [-0.15, -0.1) is 0 Å². The first-order chi connectivity index (χ1) is 9.06. The zero-order valence-electron chi connectivity index (χ0n) is 10.1. The molecule has 1 aromatic carbocycles. The minimum atomic E-state index is 0.423. The van der Waals surface area contributed by atoms with E-state index in [1.807, 2.05) is 6.07 Å². The first-order valence-electron chi connectivity index (χ1n) is 5.16. The minimum absolute atomic E-state index is 0.423. The summed E-state index contributed by atoms with van der Waals surface area (Å²) in [5.74, 6) is 1.77. The smallest absolute Gasteiger partial charge is 0.162 e. The van der Waals surface area contributed by atoms with Crippen LogP contribution in [-0.2, 0) is 0 Å². The summed E-state index contributed by atoms with van der Waals surface area (Å²) in [6, 6.07) is 3.62. The van der Waals surface area contributed by atoms with Gasteiger partial charge >= 0.3 is 0 Å². The maximum atomic E-state index is 6.02. The molecular formula is C12H9BrClIN2O2. The molecule has 0 fully saturated rings. The van der Waals surface area contributed by atoms with Gasteiger partial charge in [0.2, 0.25) is 0 Å². The van der Waals surface area contributed by atoms with Gasteiger partial charge in [0.05, 0.1) is 17.8 Å². The van der Waals surface area contributed by atoms with Gasteiger partial charge in [-0.3, -0.25) is 0 Å². The van der Waals surface area contributed by atoms with Crippen molar-refractivity contribution in [2.75, 3.05) is 14.2 Å². The molecular weight excluding hydrogens is 446 g/mol. The molecule has 0 saturated heterocycles. The van der Waals surface area contributed by atoms with Crippen molar-refractivity contribution < 1.29 is 9.47 Å². The van der Waals surface area contributed by atoms with Crippen molar-refractivity contribution in [3.63, 3.8) is 0 Å². The zero-order chi connectivity index (χ0) is 14.0. The lowest BCUT2D eigenvalue weighted by Crippen LogP contribution is -1.95. The third-order valence-electron chi connectivity index (χ3n) is 2.42. The molecule has 0 amide bonds. The van der Waals surface area contributed by atoms with Crippen LogP contribution in [0.4, 0.5) is 0 Å². The number of rotatable bonds is 3. The van der Waals surface area contributed by atoms with Crippen LogP contribution in [0, 0.1) is 3.57 Å². The van der Waals surface area contributed by atoms with E-state index in [1.165, 1.54) is 0 Å². The molecule has 0 unspecified atom stereocenters. The summed E-state index contributed by atoms with van der Waals surface area (Å²) in [5, 5.41) is 0.423. The molecule has 0 bridgehead atoms. The summed E-state index contributed by atoms with van der Waals surface area (Å²) in [5.41, 5.74) is 0.788. The van der Waals surface area contributed by atoms with Crippen LogP contribution >= 0.6 is 50.1 Å². The fraction of sp³-hybridized carbons (Fsp3) is 0.167. The van der Waals surface area contributed by atoms with Gasteiger partial charge in [-0.2, -0.15) is 0 Å². The molecule has 0 N–H and O–H groups in total. The monoisotopic (exact) mass is 454 g/mol. The molecule has 0 spiro atoms. The predicted octanol–water partition coefficient (Wildman–Crippen LogP) is 4.18. The van der Waals surface area contributed by atoms with Crippen molar-refractivity contribution in [2.24, 2.45) is 0 Å². The Morgan fingerprint density at radius 2 is 1.84 bits per heavy atom. The summed E-state index contributed by atoms with van der Waals surface area (Å²) in [4.78, 5) is 8.53. The topological polar surface area (TPSA) is 44.2 Å². The van der Waals surface area contributed by atoms with Crippen LogP contribution in [0.15, 0.2) is 22.8 Å². The van der Waals surface area contributed by atoms with Gasteiger partial charge in [0.15, 0.2) is 17.3 Å². The van der Waals surface area contributed by atoms with Gasteiger partial charge in [0, 0.05) is 16.2 Å². The van der Waals surface area contributed by atoms with E-state index in [9.17, 15) is 0 Å². The Morgan fingerprint density at radius 3 is 2.42 bits per heavy atom. The Morgan fingerprint density at radius 1 is 1.21 bits per heavy atom. The lowest BCUT2D eigenvalue weighted by Gasteiger charge is -2.11. The molecule has 1 aromatic heterocycles. The Labute approximate surface area is 137 Å². The summed E-state index contributed by atoms with van der Waals surface area (Å²) in [7, 11) is 3.17. The highest BCUT2D eigenvalue weighted by molar-refractivity contribution is 14.1. The van der Waals surface area contributed by atoms with Crippen LogP contribution in [0.3, 0.4) is 0 Å². The van der Waals surface area contributed by atoms with Crippen molar-refractivity contribution >= 4 is 50.1 Å². The molecule has 7 heteroatoms. The van der Waals surface area contributed by atoms with Gasteiger partial charge in [-0.1, -0.05) is 11.6 Å². The second-order valence-electron chi connectivity index (χ2n) is 3.52. The number of hydrogen-bond acceptors (Lipinski definition) is 4. The van der Waals surface area contributed by atoms with E-state index < -0.39 is 0 Å². The van der Waals surface area contributed by atoms with E-state index in [1.54, 1.807) is 26.5 Å². The van der Waals surface area contributed by atoms with Crippen LogP contribution in [0.5, 0.6) is 11.5 Å². The molecule has 0 aliphatic carbocycles. The molecule has 0 radical (unpaired) electrons. The van der Waals surface area contributed by atoms with E-state index >= 15 is 0 Å². The molecule has 0 aliphatic rings. The van der Waals surface area contributed by atoms with Gasteiger partial charge in [-0.05, 0) is 50.7 Å². The van der Waals surface area contributed by atoms with Gasteiger partial charge in [-0.25, -0.2) is 9.97 Å². The van der Waals surface area contributed by atoms with Gasteiger partial charge < -0.3 is 9.47 Å². The van der Waals surface area contributed by atoms with Crippen molar-refractivity contribution in [2.45, 2.75) is 0 Å². The minimum Gasteiger partial charge on any atom is -0.493 e. The zero-order valence-corrected chi connectivity index (χ0v) is 14.6. The van der Waals surface area contributed by atoms with E-state index in [4.69, 9.17) is 21.1 Å². The third-order valence-corrected chi connectivity index (χ3v) is 4.47. The van der Waals surface area contributed by atoms with Crippen LogP contribution < -0.4 is 9.47 Å². The van der Waals surface area contributed by atoms with Crippen LogP contribution in [0.25, 0.3) is 11.4 Å². The highest BCUT2D eigenvalue weighted by atomic mass is 127. The molecule has 2 aromatic rings. The Hall–Kier alpha value is -0.600. The highest BCUT2D eigenvalue weighted by Crippen LogP contribution is 2.37.